The molecule has 0 aliphatic carbocycles. The molecule has 3 heteroatoms. The third kappa shape index (κ3) is 3.15. The minimum absolute atomic E-state index is 0.514. The van der Waals surface area contributed by atoms with Crippen LogP contribution in [0.5, 0.6) is 0 Å². The van der Waals surface area contributed by atoms with Crippen LogP contribution in [0.2, 0.25) is 0 Å². The van der Waals surface area contributed by atoms with E-state index in [1.165, 1.54) is 5.56 Å². The number of alkyl halides is 1. The summed E-state index contributed by atoms with van der Waals surface area (Å²) in [5.41, 5.74) is 3.51. The number of halogens is 1. The van der Waals surface area contributed by atoms with E-state index in [1.54, 1.807) is 0 Å². The highest BCUT2D eigenvalue weighted by atomic mass is 35.5. The second kappa shape index (κ2) is 6.40. The fourth-order valence-electron chi connectivity index (χ4n) is 1.76. The van der Waals surface area contributed by atoms with Gasteiger partial charge in [-0.05, 0) is 25.5 Å². The SMILES string of the molecule is CCN(CCC#N)c1ccc(C)cc1CCl. The molecule has 0 N–H and O–H groups in total. The maximum absolute atomic E-state index is 8.63. The quantitative estimate of drug-likeness (QED) is 0.732. The van der Waals surface area contributed by atoms with E-state index in [2.05, 4.69) is 43.0 Å². The van der Waals surface area contributed by atoms with E-state index in [0.29, 0.717) is 12.3 Å². The summed E-state index contributed by atoms with van der Waals surface area (Å²) in [7, 11) is 0. The molecule has 0 heterocycles. The zero-order valence-corrected chi connectivity index (χ0v) is 10.6. The number of hydrogen-bond donors (Lipinski definition) is 0. The van der Waals surface area contributed by atoms with Crippen LogP contribution in [0.4, 0.5) is 5.69 Å². The van der Waals surface area contributed by atoms with Crippen molar-refractivity contribution < 1.29 is 0 Å². The van der Waals surface area contributed by atoms with Gasteiger partial charge < -0.3 is 4.90 Å². The number of nitriles is 1. The van der Waals surface area contributed by atoms with E-state index in [9.17, 15) is 0 Å². The Balaban J connectivity index is 2.95. The van der Waals surface area contributed by atoms with Gasteiger partial charge in [-0.1, -0.05) is 17.7 Å². The second-order valence-electron chi connectivity index (χ2n) is 3.75. The van der Waals surface area contributed by atoms with Crippen molar-refractivity contribution in [2.45, 2.75) is 26.1 Å². The van der Waals surface area contributed by atoms with Gasteiger partial charge in [0.1, 0.15) is 0 Å². The van der Waals surface area contributed by atoms with E-state index in [4.69, 9.17) is 16.9 Å². The molecule has 0 aliphatic heterocycles. The molecule has 0 fully saturated rings. The average molecular weight is 237 g/mol. The van der Waals surface area contributed by atoms with Crippen LogP contribution in [0.3, 0.4) is 0 Å². The van der Waals surface area contributed by atoms with Gasteiger partial charge in [-0.15, -0.1) is 11.6 Å². The van der Waals surface area contributed by atoms with Crippen molar-refractivity contribution in [3.8, 4) is 6.07 Å². The summed E-state index contributed by atoms with van der Waals surface area (Å²) in [6, 6.07) is 8.46. The number of nitrogens with zero attached hydrogens (tertiary/aromatic N) is 2. The van der Waals surface area contributed by atoms with Gasteiger partial charge in [0, 0.05) is 24.7 Å². The van der Waals surface area contributed by atoms with Gasteiger partial charge in [0.05, 0.1) is 12.5 Å². The first kappa shape index (κ1) is 12.9. The van der Waals surface area contributed by atoms with E-state index in [1.807, 2.05) is 0 Å². The average Bonchev–Trinajstić information content (AvgIpc) is 2.31. The molecule has 1 rings (SSSR count). The molecule has 2 nitrogen and oxygen atoms in total. The fraction of sp³-hybridized carbons (Fsp3) is 0.462. The van der Waals surface area contributed by atoms with Gasteiger partial charge in [-0.2, -0.15) is 5.26 Å². The molecule has 0 bridgehead atoms. The first-order chi connectivity index (χ1) is 7.72. The molecule has 0 atom stereocenters. The third-order valence-corrected chi connectivity index (χ3v) is 2.88. The minimum Gasteiger partial charge on any atom is -0.371 e. The Hall–Kier alpha value is -1.20. The summed E-state index contributed by atoms with van der Waals surface area (Å²) in [5, 5.41) is 8.63. The van der Waals surface area contributed by atoms with Crippen molar-refractivity contribution in [1.29, 1.82) is 5.26 Å². The first-order valence-electron chi connectivity index (χ1n) is 5.50. The molecule has 1 aromatic rings. The Morgan fingerprint density at radius 3 is 2.75 bits per heavy atom. The predicted octanol–water partition coefficient (Wildman–Crippen LogP) is 3.47. The molecule has 86 valence electrons. The molecule has 1 aromatic carbocycles. The third-order valence-electron chi connectivity index (χ3n) is 2.59. The van der Waals surface area contributed by atoms with Crippen LogP contribution in [-0.4, -0.2) is 13.1 Å². The molecule has 0 aliphatic rings. The zero-order chi connectivity index (χ0) is 12.0. The Labute approximate surface area is 102 Å². The van der Waals surface area contributed by atoms with Crippen LogP contribution in [0.15, 0.2) is 18.2 Å². The van der Waals surface area contributed by atoms with Crippen LogP contribution in [-0.2, 0) is 5.88 Å². The smallest absolute Gasteiger partial charge is 0.0640 e. The Kier molecular flexibility index (Phi) is 5.14. The summed E-state index contributed by atoms with van der Waals surface area (Å²) >= 11 is 5.95. The summed E-state index contributed by atoms with van der Waals surface area (Å²) in [4.78, 5) is 2.19. The largest absolute Gasteiger partial charge is 0.371 e. The zero-order valence-electron chi connectivity index (χ0n) is 9.83. The van der Waals surface area contributed by atoms with Crippen LogP contribution in [0.25, 0.3) is 0 Å². The molecular formula is C13H17ClN2. The van der Waals surface area contributed by atoms with Gasteiger partial charge in [0.15, 0.2) is 0 Å². The molecule has 16 heavy (non-hydrogen) atoms. The summed E-state index contributed by atoms with van der Waals surface area (Å²) in [5.74, 6) is 0.514. The van der Waals surface area contributed by atoms with Crippen molar-refractivity contribution in [3.63, 3.8) is 0 Å². The van der Waals surface area contributed by atoms with E-state index < -0.39 is 0 Å². The van der Waals surface area contributed by atoms with Crippen molar-refractivity contribution in [2.75, 3.05) is 18.0 Å². The van der Waals surface area contributed by atoms with Crippen LogP contribution in [0.1, 0.15) is 24.5 Å². The standard InChI is InChI=1S/C13H17ClN2/c1-3-16(8-4-7-15)13-6-5-11(2)9-12(13)10-14/h5-6,9H,3-4,8,10H2,1-2H3. The maximum Gasteiger partial charge on any atom is 0.0640 e. The van der Waals surface area contributed by atoms with Crippen molar-refractivity contribution in [3.05, 3.63) is 29.3 Å². The van der Waals surface area contributed by atoms with E-state index in [-0.39, 0.29) is 0 Å². The van der Waals surface area contributed by atoms with E-state index >= 15 is 0 Å². The highest BCUT2D eigenvalue weighted by Gasteiger charge is 2.08. The Morgan fingerprint density at radius 2 is 2.19 bits per heavy atom. The maximum atomic E-state index is 8.63. The summed E-state index contributed by atoms with van der Waals surface area (Å²) < 4.78 is 0. The Morgan fingerprint density at radius 1 is 1.44 bits per heavy atom. The number of hydrogen-bond acceptors (Lipinski definition) is 2. The van der Waals surface area contributed by atoms with Gasteiger partial charge in [-0.3, -0.25) is 0 Å². The van der Waals surface area contributed by atoms with Crippen molar-refractivity contribution in [2.24, 2.45) is 0 Å². The lowest BCUT2D eigenvalue weighted by Crippen LogP contribution is -2.24. The highest BCUT2D eigenvalue weighted by Crippen LogP contribution is 2.23. The lowest BCUT2D eigenvalue weighted by atomic mass is 10.1. The molecule has 0 spiro atoms. The molecule has 0 amide bonds. The van der Waals surface area contributed by atoms with Crippen LogP contribution < -0.4 is 4.90 Å². The molecular weight excluding hydrogens is 220 g/mol. The Bertz CT molecular complexity index is 382. The van der Waals surface area contributed by atoms with Crippen LogP contribution >= 0.6 is 11.6 Å². The number of anilines is 1. The highest BCUT2D eigenvalue weighted by molar-refractivity contribution is 6.17. The number of aryl methyl sites for hydroxylation is 1. The summed E-state index contributed by atoms with van der Waals surface area (Å²) in [6.07, 6.45) is 0.545. The fourth-order valence-corrected chi connectivity index (χ4v) is 1.98. The summed E-state index contributed by atoms with van der Waals surface area (Å²) in [6.45, 7) is 5.81. The van der Waals surface area contributed by atoms with Gasteiger partial charge >= 0.3 is 0 Å². The molecule has 0 aromatic heterocycles. The van der Waals surface area contributed by atoms with Crippen molar-refractivity contribution in [1.82, 2.24) is 0 Å². The van der Waals surface area contributed by atoms with Gasteiger partial charge in [-0.25, -0.2) is 0 Å². The normalized spacial score (nSPS) is 9.88. The monoisotopic (exact) mass is 236 g/mol. The lowest BCUT2D eigenvalue weighted by Gasteiger charge is -2.24. The van der Waals surface area contributed by atoms with Crippen LogP contribution in [0, 0.1) is 18.3 Å². The van der Waals surface area contributed by atoms with Gasteiger partial charge in [0.25, 0.3) is 0 Å². The van der Waals surface area contributed by atoms with Gasteiger partial charge in [0.2, 0.25) is 0 Å². The lowest BCUT2D eigenvalue weighted by molar-refractivity contribution is 0.822. The number of rotatable bonds is 5. The molecule has 0 radical (unpaired) electrons. The molecule has 0 unspecified atom stereocenters. The topological polar surface area (TPSA) is 27.0 Å². The predicted molar refractivity (Wildman–Crippen MR) is 68.9 cm³/mol. The van der Waals surface area contributed by atoms with Crippen molar-refractivity contribution >= 4 is 17.3 Å². The molecule has 0 saturated carbocycles. The number of benzene rings is 1. The first-order valence-corrected chi connectivity index (χ1v) is 6.03. The van der Waals surface area contributed by atoms with E-state index in [0.717, 1.165) is 24.3 Å². The minimum atomic E-state index is 0.514. The molecule has 0 saturated heterocycles. The second-order valence-corrected chi connectivity index (χ2v) is 4.02.